The molecule has 2 N–H and O–H groups in total. The van der Waals surface area contributed by atoms with E-state index in [9.17, 15) is 9.90 Å². The van der Waals surface area contributed by atoms with Crippen LogP contribution in [0.2, 0.25) is 0 Å². The molecule has 1 saturated heterocycles. The standard InChI is InChI=1S/C13H17N3O2/c1-2-15-7-6-9(8-15)16-10-4-3-5-11(17)12(10)14-13(16)18/h3-5,9,17H,2,6-8H2,1H3,(H,14,18). The summed E-state index contributed by atoms with van der Waals surface area (Å²) in [5, 5.41) is 9.76. The van der Waals surface area contributed by atoms with E-state index in [1.165, 1.54) is 0 Å². The van der Waals surface area contributed by atoms with Crippen LogP contribution < -0.4 is 5.69 Å². The first kappa shape index (κ1) is 11.3. The maximum absolute atomic E-state index is 12.1. The predicted octanol–water partition coefficient (Wildman–Crippen LogP) is 1.30. The number of imidazole rings is 1. The van der Waals surface area contributed by atoms with Gasteiger partial charge in [0.1, 0.15) is 11.3 Å². The molecule has 5 nitrogen and oxygen atoms in total. The van der Waals surface area contributed by atoms with Crippen LogP contribution in [0, 0.1) is 0 Å². The molecule has 0 saturated carbocycles. The van der Waals surface area contributed by atoms with E-state index in [2.05, 4.69) is 16.8 Å². The molecule has 5 heteroatoms. The first-order valence-corrected chi connectivity index (χ1v) is 6.35. The van der Waals surface area contributed by atoms with Gasteiger partial charge in [-0.2, -0.15) is 0 Å². The fourth-order valence-corrected chi connectivity index (χ4v) is 2.81. The molecule has 0 radical (unpaired) electrons. The molecule has 0 spiro atoms. The maximum Gasteiger partial charge on any atom is 0.326 e. The number of H-pyrrole nitrogens is 1. The second-order valence-corrected chi connectivity index (χ2v) is 4.81. The largest absolute Gasteiger partial charge is 0.506 e. The Morgan fingerprint density at radius 3 is 3.06 bits per heavy atom. The smallest absolute Gasteiger partial charge is 0.326 e. The van der Waals surface area contributed by atoms with Gasteiger partial charge in [0.15, 0.2) is 0 Å². The van der Waals surface area contributed by atoms with Gasteiger partial charge in [0.05, 0.1) is 11.6 Å². The second kappa shape index (κ2) is 4.17. The van der Waals surface area contributed by atoms with Gasteiger partial charge < -0.3 is 15.0 Å². The van der Waals surface area contributed by atoms with Crippen LogP contribution in [0.3, 0.4) is 0 Å². The number of hydrogen-bond acceptors (Lipinski definition) is 3. The van der Waals surface area contributed by atoms with Gasteiger partial charge in [-0.25, -0.2) is 4.79 Å². The summed E-state index contributed by atoms with van der Waals surface area (Å²) in [4.78, 5) is 17.1. The molecule has 2 aromatic rings. The average Bonchev–Trinajstić information content (AvgIpc) is 2.93. The zero-order valence-electron chi connectivity index (χ0n) is 10.4. The Hall–Kier alpha value is -1.75. The van der Waals surface area contributed by atoms with Crippen LogP contribution in [0.1, 0.15) is 19.4 Å². The summed E-state index contributed by atoms with van der Waals surface area (Å²) in [6, 6.07) is 5.44. The topological polar surface area (TPSA) is 61.3 Å². The van der Waals surface area contributed by atoms with Crippen LogP contribution in [0.4, 0.5) is 0 Å². The number of fused-ring (bicyclic) bond motifs is 1. The molecule has 2 heterocycles. The van der Waals surface area contributed by atoms with Crippen molar-refractivity contribution in [3.63, 3.8) is 0 Å². The number of phenols is 1. The van der Waals surface area contributed by atoms with Gasteiger partial charge in [-0.15, -0.1) is 0 Å². The van der Waals surface area contributed by atoms with E-state index in [1.54, 1.807) is 16.7 Å². The van der Waals surface area contributed by atoms with E-state index in [-0.39, 0.29) is 17.5 Å². The van der Waals surface area contributed by atoms with Crippen LogP contribution in [0.15, 0.2) is 23.0 Å². The van der Waals surface area contributed by atoms with Crippen LogP contribution >= 0.6 is 0 Å². The third kappa shape index (κ3) is 1.62. The van der Waals surface area contributed by atoms with Crippen molar-refractivity contribution < 1.29 is 5.11 Å². The van der Waals surface area contributed by atoms with Gasteiger partial charge in [0.25, 0.3) is 0 Å². The molecular weight excluding hydrogens is 230 g/mol. The molecule has 0 bridgehead atoms. The lowest BCUT2D eigenvalue weighted by Gasteiger charge is -2.14. The van der Waals surface area contributed by atoms with Crippen LogP contribution in [0.5, 0.6) is 5.75 Å². The Balaban J connectivity index is 2.10. The fraction of sp³-hybridized carbons (Fsp3) is 0.462. The zero-order chi connectivity index (χ0) is 12.7. The molecule has 1 fully saturated rings. The van der Waals surface area contributed by atoms with Gasteiger partial charge in [-0.3, -0.25) is 4.57 Å². The Morgan fingerprint density at radius 2 is 2.33 bits per heavy atom. The quantitative estimate of drug-likeness (QED) is 0.841. The number of aromatic nitrogens is 2. The van der Waals surface area contributed by atoms with E-state index in [1.807, 2.05) is 6.07 Å². The molecule has 18 heavy (non-hydrogen) atoms. The predicted molar refractivity (Wildman–Crippen MR) is 70.0 cm³/mol. The minimum Gasteiger partial charge on any atom is -0.506 e. The van der Waals surface area contributed by atoms with Crippen molar-refractivity contribution in [1.29, 1.82) is 0 Å². The fourth-order valence-electron chi connectivity index (χ4n) is 2.81. The average molecular weight is 247 g/mol. The molecule has 1 aliphatic heterocycles. The Kier molecular flexibility index (Phi) is 2.63. The van der Waals surface area contributed by atoms with E-state index < -0.39 is 0 Å². The monoisotopic (exact) mass is 247 g/mol. The SMILES string of the molecule is CCN1CCC(n2c(=O)[nH]c3c(O)cccc32)C1. The van der Waals surface area contributed by atoms with Crippen LogP contribution in [-0.4, -0.2) is 39.2 Å². The lowest BCUT2D eigenvalue weighted by Crippen LogP contribution is -2.26. The number of para-hydroxylation sites is 1. The zero-order valence-corrected chi connectivity index (χ0v) is 10.4. The van der Waals surface area contributed by atoms with Gasteiger partial charge >= 0.3 is 5.69 Å². The van der Waals surface area contributed by atoms with Gasteiger partial charge in [0.2, 0.25) is 0 Å². The highest BCUT2D eigenvalue weighted by atomic mass is 16.3. The molecule has 0 amide bonds. The number of likely N-dealkylation sites (N-methyl/N-ethyl adjacent to an activating group) is 1. The summed E-state index contributed by atoms with van der Waals surface area (Å²) in [5.41, 5.74) is 1.20. The molecule has 96 valence electrons. The number of nitrogens with one attached hydrogen (secondary N) is 1. The summed E-state index contributed by atoms with van der Waals surface area (Å²) >= 11 is 0. The van der Waals surface area contributed by atoms with E-state index in [0.717, 1.165) is 31.6 Å². The third-order valence-corrected chi connectivity index (χ3v) is 3.79. The lowest BCUT2D eigenvalue weighted by molar-refractivity contribution is 0.341. The van der Waals surface area contributed by atoms with Crippen molar-refractivity contribution in [3.8, 4) is 5.75 Å². The highest BCUT2D eigenvalue weighted by molar-refractivity contribution is 5.81. The number of likely N-dealkylation sites (tertiary alicyclic amines) is 1. The van der Waals surface area contributed by atoms with Crippen LogP contribution in [-0.2, 0) is 0 Å². The summed E-state index contributed by atoms with van der Waals surface area (Å²) in [5.74, 6) is 0.133. The molecule has 3 rings (SSSR count). The van der Waals surface area contributed by atoms with Crippen LogP contribution in [0.25, 0.3) is 11.0 Å². The lowest BCUT2D eigenvalue weighted by atomic mass is 10.2. The van der Waals surface area contributed by atoms with E-state index in [0.29, 0.717) is 5.52 Å². The number of aromatic hydroxyl groups is 1. The molecule has 1 aliphatic rings. The first-order chi connectivity index (χ1) is 8.70. The minimum absolute atomic E-state index is 0.130. The van der Waals surface area contributed by atoms with Crippen molar-refractivity contribution in [1.82, 2.24) is 14.5 Å². The van der Waals surface area contributed by atoms with Crippen molar-refractivity contribution >= 4 is 11.0 Å². The summed E-state index contributed by atoms with van der Waals surface area (Å²) in [6.45, 7) is 5.07. The number of benzene rings is 1. The second-order valence-electron chi connectivity index (χ2n) is 4.81. The summed E-state index contributed by atoms with van der Waals surface area (Å²) < 4.78 is 1.78. The van der Waals surface area contributed by atoms with E-state index >= 15 is 0 Å². The molecule has 1 aromatic carbocycles. The Morgan fingerprint density at radius 1 is 1.50 bits per heavy atom. The van der Waals surface area contributed by atoms with Crippen molar-refractivity contribution in [2.45, 2.75) is 19.4 Å². The number of rotatable bonds is 2. The Labute approximate surface area is 105 Å². The minimum atomic E-state index is -0.130. The summed E-state index contributed by atoms with van der Waals surface area (Å²) in [7, 11) is 0. The Bertz CT molecular complexity index is 629. The van der Waals surface area contributed by atoms with E-state index in [4.69, 9.17) is 0 Å². The number of nitrogens with zero attached hydrogens (tertiary/aromatic N) is 2. The number of aromatic amines is 1. The van der Waals surface area contributed by atoms with Gasteiger partial charge in [-0.1, -0.05) is 13.0 Å². The number of phenolic OH excluding ortho intramolecular Hbond substituents is 1. The van der Waals surface area contributed by atoms with Gasteiger partial charge in [-0.05, 0) is 25.1 Å². The molecule has 1 aromatic heterocycles. The summed E-state index contributed by atoms with van der Waals surface area (Å²) in [6.07, 6.45) is 0.982. The molecule has 0 aliphatic carbocycles. The molecule has 1 atom stereocenters. The van der Waals surface area contributed by atoms with Crippen molar-refractivity contribution in [3.05, 3.63) is 28.7 Å². The first-order valence-electron chi connectivity index (χ1n) is 6.35. The van der Waals surface area contributed by atoms with Crippen molar-refractivity contribution in [2.75, 3.05) is 19.6 Å². The maximum atomic E-state index is 12.1. The number of hydrogen-bond donors (Lipinski definition) is 2. The highest BCUT2D eigenvalue weighted by Gasteiger charge is 2.25. The highest BCUT2D eigenvalue weighted by Crippen LogP contribution is 2.27. The molecular formula is C13H17N3O2. The van der Waals surface area contributed by atoms with Crippen molar-refractivity contribution in [2.24, 2.45) is 0 Å². The molecule has 1 unspecified atom stereocenters. The third-order valence-electron chi connectivity index (χ3n) is 3.79. The van der Waals surface area contributed by atoms with Gasteiger partial charge in [0, 0.05) is 13.1 Å². The normalized spacial score (nSPS) is 20.8.